The van der Waals surface area contributed by atoms with Crippen molar-refractivity contribution in [1.82, 2.24) is 14.8 Å². The number of aryl methyl sites for hydroxylation is 2. The van der Waals surface area contributed by atoms with Gasteiger partial charge >= 0.3 is 0 Å². The normalized spacial score (nSPS) is 10.8. The van der Waals surface area contributed by atoms with E-state index in [2.05, 4.69) is 15.4 Å². The first-order valence-electron chi connectivity index (χ1n) is 9.93. The highest BCUT2D eigenvalue weighted by atomic mass is 16.5. The minimum absolute atomic E-state index is 0.260. The molecule has 2 aromatic carbocycles. The average Bonchev–Trinajstić information content (AvgIpc) is 3.08. The molecule has 0 bridgehead atoms. The van der Waals surface area contributed by atoms with Gasteiger partial charge in [0.15, 0.2) is 17.1 Å². The molecule has 0 aliphatic rings. The second-order valence-corrected chi connectivity index (χ2v) is 7.23. The summed E-state index contributed by atoms with van der Waals surface area (Å²) < 4.78 is 12.6. The van der Waals surface area contributed by atoms with Crippen molar-refractivity contribution in [3.05, 3.63) is 77.1 Å². The number of carbonyl (C=O) groups excluding carboxylic acids is 1. The topological polar surface area (TPSA) is 78.3 Å². The van der Waals surface area contributed by atoms with Gasteiger partial charge in [-0.25, -0.2) is 9.67 Å². The number of hydrogen-bond donors (Lipinski definition) is 1. The van der Waals surface area contributed by atoms with Crippen LogP contribution in [0.1, 0.15) is 27.3 Å². The smallest absolute Gasteiger partial charge is 0.256 e. The fourth-order valence-electron chi connectivity index (χ4n) is 3.70. The lowest BCUT2D eigenvalue weighted by molar-refractivity contribution is 0.102. The second kappa shape index (κ2) is 8.47. The Labute approximate surface area is 180 Å². The van der Waals surface area contributed by atoms with Gasteiger partial charge in [0.2, 0.25) is 0 Å². The summed E-state index contributed by atoms with van der Waals surface area (Å²) in [7, 11) is 3.10. The molecular formula is C24H24N4O3. The van der Waals surface area contributed by atoms with Crippen molar-refractivity contribution >= 4 is 22.6 Å². The predicted molar refractivity (Wildman–Crippen MR) is 120 cm³/mol. The van der Waals surface area contributed by atoms with Gasteiger partial charge in [0.25, 0.3) is 5.91 Å². The van der Waals surface area contributed by atoms with Crippen molar-refractivity contribution in [2.75, 3.05) is 19.5 Å². The largest absolute Gasteiger partial charge is 0.493 e. The Morgan fingerprint density at radius 3 is 2.52 bits per heavy atom. The van der Waals surface area contributed by atoms with E-state index in [4.69, 9.17) is 9.47 Å². The molecule has 4 aromatic rings. The maximum Gasteiger partial charge on any atom is 0.256 e. The molecule has 7 nitrogen and oxygen atoms in total. The number of methoxy groups -OCH3 is 2. The number of nitrogens with one attached hydrogen (secondary N) is 1. The van der Waals surface area contributed by atoms with Crippen molar-refractivity contribution in [3.8, 4) is 11.5 Å². The Balaban J connectivity index is 1.75. The molecule has 0 spiro atoms. The molecule has 2 heterocycles. The standard InChI is InChI=1S/C24H24N4O3/c1-15-13-18(24(29)26-19-11-8-12-20(30-3)22(19)31-4)21-16(2)27-28(23(21)25-15)14-17-9-6-5-7-10-17/h5-13H,14H2,1-4H3,(H,26,29). The van der Waals surface area contributed by atoms with Crippen molar-refractivity contribution in [1.29, 1.82) is 0 Å². The van der Waals surface area contributed by atoms with Crippen LogP contribution in [-0.2, 0) is 6.54 Å². The maximum atomic E-state index is 13.3. The number of rotatable bonds is 6. The molecule has 4 rings (SSSR count). The molecule has 158 valence electrons. The van der Waals surface area contributed by atoms with E-state index < -0.39 is 0 Å². The summed E-state index contributed by atoms with van der Waals surface area (Å²) in [5.74, 6) is 0.754. The summed E-state index contributed by atoms with van der Waals surface area (Å²) in [6, 6.07) is 17.2. The number of nitrogens with zero attached hydrogens (tertiary/aromatic N) is 3. The van der Waals surface area contributed by atoms with Gasteiger partial charge in [-0.1, -0.05) is 36.4 Å². The van der Waals surface area contributed by atoms with Gasteiger partial charge in [0, 0.05) is 5.69 Å². The second-order valence-electron chi connectivity index (χ2n) is 7.23. The van der Waals surface area contributed by atoms with Crippen LogP contribution in [0.2, 0.25) is 0 Å². The van der Waals surface area contributed by atoms with E-state index in [0.29, 0.717) is 34.9 Å². The van der Waals surface area contributed by atoms with Crippen LogP contribution >= 0.6 is 0 Å². The van der Waals surface area contributed by atoms with Gasteiger partial charge in [-0.3, -0.25) is 4.79 Å². The summed E-state index contributed by atoms with van der Waals surface area (Å²) in [5.41, 5.74) is 4.34. The van der Waals surface area contributed by atoms with Crippen LogP contribution in [-0.4, -0.2) is 34.9 Å². The first-order valence-corrected chi connectivity index (χ1v) is 9.93. The number of anilines is 1. The molecule has 0 saturated carbocycles. The van der Waals surface area contributed by atoms with E-state index in [9.17, 15) is 4.79 Å². The predicted octanol–water partition coefficient (Wildman–Crippen LogP) is 4.37. The van der Waals surface area contributed by atoms with Crippen LogP contribution in [0.15, 0.2) is 54.6 Å². The summed E-state index contributed by atoms with van der Waals surface area (Å²) >= 11 is 0. The molecule has 31 heavy (non-hydrogen) atoms. The zero-order valence-electron chi connectivity index (χ0n) is 18.0. The number of fused-ring (bicyclic) bond motifs is 1. The summed E-state index contributed by atoms with van der Waals surface area (Å²) in [6.07, 6.45) is 0. The lowest BCUT2D eigenvalue weighted by Gasteiger charge is -2.14. The SMILES string of the molecule is COc1cccc(NC(=O)c2cc(C)nc3c2c(C)nn3Cc2ccccc2)c1OC. The quantitative estimate of drug-likeness (QED) is 0.505. The molecule has 0 saturated heterocycles. The van der Waals surface area contributed by atoms with Gasteiger partial charge in [-0.2, -0.15) is 5.10 Å². The van der Waals surface area contributed by atoms with E-state index in [-0.39, 0.29) is 5.91 Å². The van der Waals surface area contributed by atoms with Crippen LogP contribution in [0.5, 0.6) is 11.5 Å². The van der Waals surface area contributed by atoms with E-state index in [1.54, 1.807) is 38.5 Å². The molecule has 0 aliphatic heterocycles. The number of aromatic nitrogens is 3. The van der Waals surface area contributed by atoms with E-state index in [1.165, 1.54) is 0 Å². The molecule has 2 aromatic heterocycles. The molecular weight excluding hydrogens is 392 g/mol. The summed E-state index contributed by atoms with van der Waals surface area (Å²) in [6.45, 7) is 4.34. The first-order chi connectivity index (χ1) is 15.0. The lowest BCUT2D eigenvalue weighted by atomic mass is 10.1. The lowest BCUT2D eigenvalue weighted by Crippen LogP contribution is -2.14. The highest BCUT2D eigenvalue weighted by Gasteiger charge is 2.20. The number of carbonyl (C=O) groups is 1. The minimum atomic E-state index is -0.260. The number of hydrogen-bond acceptors (Lipinski definition) is 5. The van der Waals surface area contributed by atoms with Crippen LogP contribution in [0.4, 0.5) is 5.69 Å². The molecule has 1 amide bonds. The van der Waals surface area contributed by atoms with Crippen molar-refractivity contribution < 1.29 is 14.3 Å². The highest BCUT2D eigenvalue weighted by Crippen LogP contribution is 2.35. The molecule has 0 aliphatic carbocycles. The zero-order chi connectivity index (χ0) is 22.0. The fraction of sp³-hybridized carbons (Fsp3) is 0.208. The van der Waals surface area contributed by atoms with Crippen molar-refractivity contribution in [3.63, 3.8) is 0 Å². The Bertz CT molecular complexity index is 1250. The molecule has 0 atom stereocenters. The number of pyridine rings is 1. The first kappa shape index (κ1) is 20.4. The monoisotopic (exact) mass is 416 g/mol. The number of benzene rings is 2. The fourth-order valence-corrected chi connectivity index (χ4v) is 3.70. The number of para-hydroxylation sites is 1. The Kier molecular flexibility index (Phi) is 5.58. The molecule has 0 radical (unpaired) electrons. The van der Waals surface area contributed by atoms with Crippen molar-refractivity contribution in [2.24, 2.45) is 0 Å². The van der Waals surface area contributed by atoms with E-state index in [0.717, 1.165) is 22.3 Å². The van der Waals surface area contributed by atoms with Gasteiger partial charge < -0.3 is 14.8 Å². The number of ether oxygens (including phenoxy) is 2. The molecule has 7 heteroatoms. The van der Waals surface area contributed by atoms with Gasteiger partial charge in [0.1, 0.15) is 0 Å². The molecule has 0 unspecified atom stereocenters. The molecule has 0 fully saturated rings. The zero-order valence-corrected chi connectivity index (χ0v) is 18.0. The number of amides is 1. The maximum absolute atomic E-state index is 13.3. The third kappa shape index (κ3) is 3.94. The van der Waals surface area contributed by atoms with Gasteiger partial charge in [-0.05, 0) is 37.6 Å². The Hall–Kier alpha value is -3.87. The third-order valence-corrected chi connectivity index (χ3v) is 5.08. The molecule has 1 N–H and O–H groups in total. The minimum Gasteiger partial charge on any atom is -0.493 e. The van der Waals surface area contributed by atoms with E-state index in [1.807, 2.05) is 48.9 Å². The van der Waals surface area contributed by atoms with E-state index >= 15 is 0 Å². The van der Waals surface area contributed by atoms with Crippen LogP contribution in [0.3, 0.4) is 0 Å². The third-order valence-electron chi connectivity index (χ3n) is 5.08. The Morgan fingerprint density at radius 2 is 1.81 bits per heavy atom. The van der Waals surface area contributed by atoms with Gasteiger partial charge in [-0.15, -0.1) is 0 Å². The van der Waals surface area contributed by atoms with Crippen molar-refractivity contribution in [2.45, 2.75) is 20.4 Å². The highest BCUT2D eigenvalue weighted by molar-refractivity contribution is 6.13. The van der Waals surface area contributed by atoms with Crippen LogP contribution in [0.25, 0.3) is 11.0 Å². The van der Waals surface area contributed by atoms with Crippen LogP contribution < -0.4 is 14.8 Å². The van der Waals surface area contributed by atoms with Crippen LogP contribution in [0, 0.1) is 13.8 Å². The Morgan fingerprint density at radius 1 is 1.03 bits per heavy atom. The van der Waals surface area contributed by atoms with Gasteiger partial charge in [0.05, 0.1) is 43.1 Å². The summed E-state index contributed by atoms with van der Waals surface area (Å²) in [4.78, 5) is 18.0. The summed E-state index contributed by atoms with van der Waals surface area (Å²) in [5, 5.41) is 8.35. The average molecular weight is 416 g/mol.